The molecule has 0 atom stereocenters. The van der Waals surface area contributed by atoms with Gasteiger partial charge in [0.05, 0.1) is 21.1 Å². The SMILES string of the molecule is O=C(Nc1c(Cl)cccc1Cl)c1ccc(NC(=O)C23CC4CC(CC(C4)C2)C3)cc1. The largest absolute Gasteiger partial charge is 0.326 e. The van der Waals surface area contributed by atoms with Crippen molar-refractivity contribution in [2.45, 2.75) is 38.5 Å². The molecule has 30 heavy (non-hydrogen) atoms. The van der Waals surface area contributed by atoms with Crippen molar-refractivity contribution in [2.24, 2.45) is 23.2 Å². The Hall–Kier alpha value is -2.04. The summed E-state index contributed by atoms with van der Waals surface area (Å²) in [5.74, 6) is 2.03. The quantitative estimate of drug-likeness (QED) is 0.575. The molecule has 0 heterocycles. The van der Waals surface area contributed by atoms with E-state index in [0.717, 1.165) is 42.7 Å². The topological polar surface area (TPSA) is 58.2 Å². The predicted molar refractivity (Wildman–Crippen MR) is 120 cm³/mol. The smallest absolute Gasteiger partial charge is 0.255 e. The van der Waals surface area contributed by atoms with Gasteiger partial charge in [-0.05, 0) is 92.7 Å². The second kappa shape index (κ2) is 7.58. The van der Waals surface area contributed by atoms with Crippen LogP contribution in [0.25, 0.3) is 0 Å². The van der Waals surface area contributed by atoms with E-state index < -0.39 is 0 Å². The van der Waals surface area contributed by atoms with E-state index in [2.05, 4.69) is 10.6 Å². The number of para-hydroxylation sites is 1. The number of rotatable bonds is 4. The maximum Gasteiger partial charge on any atom is 0.255 e. The van der Waals surface area contributed by atoms with E-state index >= 15 is 0 Å². The lowest BCUT2D eigenvalue weighted by Crippen LogP contribution is -2.51. The Kier molecular flexibility index (Phi) is 5.03. The fraction of sp³-hybridized carbons (Fsp3) is 0.417. The van der Waals surface area contributed by atoms with Gasteiger partial charge < -0.3 is 10.6 Å². The van der Waals surface area contributed by atoms with E-state index in [0.29, 0.717) is 21.3 Å². The van der Waals surface area contributed by atoms with Crippen molar-refractivity contribution in [3.63, 3.8) is 0 Å². The van der Waals surface area contributed by atoms with E-state index in [9.17, 15) is 9.59 Å². The first-order valence-corrected chi connectivity index (χ1v) is 11.3. The van der Waals surface area contributed by atoms with E-state index in [4.69, 9.17) is 23.2 Å². The molecule has 2 N–H and O–H groups in total. The maximum absolute atomic E-state index is 13.2. The third-order valence-electron chi connectivity index (χ3n) is 7.13. The van der Waals surface area contributed by atoms with Crippen LogP contribution in [0.4, 0.5) is 11.4 Å². The highest BCUT2D eigenvalue weighted by atomic mass is 35.5. The molecule has 4 nitrogen and oxygen atoms in total. The third-order valence-corrected chi connectivity index (χ3v) is 7.76. The molecule has 0 spiro atoms. The number of anilines is 2. The van der Waals surface area contributed by atoms with Crippen LogP contribution in [-0.4, -0.2) is 11.8 Å². The van der Waals surface area contributed by atoms with Gasteiger partial charge in [-0.3, -0.25) is 9.59 Å². The molecule has 2 aromatic carbocycles. The fourth-order valence-electron chi connectivity index (χ4n) is 6.16. The number of carbonyl (C=O) groups is 2. The van der Waals surface area contributed by atoms with Gasteiger partial charge >= 0.3 is 0 Å². The highest BCUT2D eigenvalue weighted by Gasteiger charge is 2.54. The number of halogens is 2. The number of nitrogens with one attached hydrogen (secondary N) is 2. The average molecular weight is 443 g/mol. The van der Waals surface area contributed by atoms with Crippen molar-refractivity contribution in [1.29, 1.82) is 0 Å². The maximum atomic E-state index is 13.2. The minimum atomic E-state index is -0.302. The summed E-state index contributed by atoms with van der Waals surface area (Å²) >= 11 is 12.3. The lowest BCUT2D eigenvalue weighted by atomic mass is 9.49. The molecule has 0 radical (unpaired) electrons. The molecular weight excluding hydrogens is 419 g/mol. The molecule has 4 aliphatic rings. The van der Waals surface area contributed by atoms with Gasteiger partial charge in [0.2, 0.25) is 5.91 Å². The summed E-state index contributed by atoms with van der Waals surface area (Å²) in [6.45, 7) is 0. The molecule has 4 aliphatic carbocycles. The monoisotopic (exact) mass is 442 g/mol. The van der Waals surface area contributed by atoms with Crippen molar-refractivity contribution in [2.75, 3.05) is 10.6 Å². The van der Waals surface area contributed by atoms with Gasteiger partial charge in [-0.15, -0.1) is 0 Å². The van der Waals surface area contributed by atoms with Gasteiger partial charge in [-0.25, -0.2) is 0 Å². The molecule has 156 valence electrons. The summed E-state index contributed by atoms with van der Waals surface area (Å²) in [6, 6.07) is 12.0. The summed E-state index contributed by atoms with van der Waals surface area (Å²) in [5.41, 5.74) is 1.40. The molecule has 0 aromatic heterocycles. The first-order chi connectivity index (χ1) is 14.4. The van der Waals surface area contributed by atoms with Gasteiger partial charge in [0.15, 0.2) is 0 Å². The highest BCUT2D eigenvalue weighted by Crippen LogP contribution is 2.60. The minimum absolute atomic E-state index is 0.154. The number of benzene rings is 2. The lowest BCUT2D eigenvalue weighted by molar-refractivity contribution is -0.140. The zero-order valence-corrected chi connectivity index (χ0v) is 18.1. The Morgan fingerprint density at radius 1 is 0.800 bits per heavy atom. The van der Waals surface area contributed by atoms with Crippen LogP contribution in [0.3, 0.4) is 0 Å². The Labute approximate surface area is 186 Å². The van der Waals surface area contributed by atoms with Crippen LogP contribution in [-0.2, 0) is 4.79 Å². The zero-order chi connectivity index (χ0) is 20.9. The molecule has 0 saturated heterocycles. The summed E-state index contributed by atoms with van der Waals surface area (Å²) in [5, 5.41) is 6.64. The number of amides is 2. The van der Waals surface area contributed by atoms with Gasteiger partial charge in [-0.1, -0.05) is 29.3 Å². The predicted octanol–water partition coefficient (Wildman–Crippen LogP) is 6.40. The van der Waals surface area contributed by atoms with E-state index in [1.165, 1.54) is 19.3 Å². The molecular formula is C24H24Cl2N2O2. The van der Waals surface area contributed by atoms with E-state index in [1.807, 2.05) is 0 Å². The molecule has 4 saturated carbocycles. The van der Waals surface area contributed by atoms with Crippen LogP contribution in [0.2, 0.25) is 10.0 Å². The molecule has 2 aromatic rings. The number of hydrogen-bond donors (Lipinski definition) is 2. The molecule has 4 fully saturated rings. The summed E-state index contributed by atoms with van der Waals surface area (Å²) in [6.07, 6.45) is 7.03. The fourth-order valence-corrected chi connectivity index (χ4v) is 6.65. The Morgan fingerprint density at radius 3 is 1.87 bits per heavy atom. The molecule has 0 aliphatic heterocycles. The second-order valence-electron chi connectivity index (χ2n) is 9.28. The van der Waals surface area contributed by atoms with E-state index in [-0.39, 0.29) is 17.2 Å². The summed E-state index contributed by atoms with van der Waals surface area (Å²) < 4.78 is 0. The van der Waals surface area contributed by atoms with Crippen LogP contribution in [0.1, 0.15) is 48.9 Å². The number of hydrogen-bond acceptors (Lipinski definition) is 2. The lowest BCUT2D eigenvalue weighted by Gasteiger charge is -2.55. The third kappa shape index (κ3) is 3.61. The van der Waals surface area contributed by atoms with Crippen LogP contribution < -0.4 is 10.6 Å². The second-order valence-corrected chi connectivity index (χ2v) is 10.1. The van der Waals surface area contributed by atoms with Crippen LogP contribution in [0.5, 0.6) is 0 Å². The molecule has 6 rings (SSSR count). The van der Waals surface area contributed by atoms with Gasteiger partial charge in [0, 0.05) is 11.3 Å². The van der Waals surface area contributed by atoms with Crippen molar-refractivity contribution >= 4 is 46.4 Å². The zero-order valence-electron chi connectivity index (χ0n) is 16.6. The summed E-state index contributed by atoms with van der Waals surface area (Å²) in [7, 11) is 0. The number of carbonyl (C=O) groups excluding carboxylic acids is 2. The molecule has 0 unspecified atom stereocenters. The Morgan fingerprint density at radius 2 is 1.33 bits per heavy atom. The van der Waals surface area contributed by atoms with Crippen LogP contribution in [0, 0.1) is 23.2 Å². The molecule has 4 bridgehead atoms. The van der Waals surface area contributed by atoms with Crippen molar-refractivity contribution < 1.29 is 9.59 Å². The standard InChI is InChI=1S/C24H24Cl2N2O2/c25-19-2-1-3-20(26)21(19)28-22(29)17-4-6-18(7-5-17)27-23(30)24-11-14-8-15(12-24)10-16(9-14)13-24/h1-7,14-16H,8-13H2,(H,27,30)(H,28,29). The van der Waals surface area contributed by atoms with Crippen LogP contribution >= 0.6 is 23.2 Å². The van der Waals surface area contributed by atoms with Crippen molar-refractivity contribution in [3.8, 4) is 0 Å². The average Bonchev–Trinajstić information content (AvgIpc) is 2.70. The Bertz CT molecular complexity index is 947. The van der Waals surface area contributed by atoms with Crippen molar-refractivity contribution in [1.82, 2.24) is 0 Å². The minimum Gasteiger partial charge on any atom is -0.326 e. The summed E-state index contributed by atoms with van der Waals surface area (Å²) in [4.78, 5) is 25.7. The van der Waals surface area contributed by atoms with Gasteiger partial charge in [0.25, 0.3) is 5.91 Å². The van der Waals surface area contributed by atoms with Crippen molar-refractivity contribution in [3.05, 3.63) is 58.1 Å². The van der Waals surface area contributed by atoms with Gasteiger partial charge in [-0.2, -0.15) is 0 Å². The first-order valence-electron chi connectivity index (χ1n) is 10.6. The normalized spacial score (nSPS) is 28.9. The van der Waals surface area contributed by atoms with Gasteiger partial charge in [0.1, 0.15) is 0 Å². The Balaban J connectivity index is 1.26. The molecule has 6 heteroatoms. The van der Waals surface area contributed by atoms with E-state index in [1.54, 1.807) is 42.5 Å². The molecule has 2 amide bonds. The first kappa shape index (κ1) is 19.9. The highest BCUT2D eigenvalue weighted by molar-refractivity contribution is 6.40. The van der Waals surface area contributed by atoms with Crippen LogP contribution in [0.15, 0.2) is 42.5 Å².